The summed E-state index contributed by atoms with van der Waals surface area (Å²) < 4.78 is 0. The minimum Gasteiger partial charge on any atom is -0.353 e. The number of piperazine rings is 1. The van der Waals surface area contributed by atoms with Gasteiger partial charge in [-0.2, -0.15) is 0 Å². The summed E-state index contributed by atoms with van der Waals surface area (Å²) in [6.07, 6.45) is 5.41. The van der Waals surface area contributed by atoms with Crippen molar-refractivity contribution in [2.75, 3.05) is 44.2 Å². The number of aryl methyl sites for hydroxylation is 2. The molecule has 2 aromatic carbocycles. The lowest BCUT2D eigenvalue weighted by atomic mass is 10.0. The number of anilines is 1. The Labute approximate surface area is 204 Å². The molecule has 0 bridgehead atoms. The van der Waals surface area contributed by atoms with Crippen LogP contribution in [0.3, 0.4) is 0 Å². The van der Waals surface area contributed by atoms with Crippen LogP contribution in [0.25, 0.3) is 10.2 Å². The number of rotatable bonds is 6. The summed E-state index contributed by atoms with van der Waals surface area (Å²) in [5.74, 6) is 1.15. The molecule has 0 N–H and O–H groups in total. The predicted octanol–water partition coefficient (Wildman–Crippen LogP) is 4.84. The Bertz CT molecular complexity index is 1250. The van der Waals surface area contributed by atoms with E-state index in [0.29, 0.717) is 0 Å². The van der Waals surface area contributed by atoms with Gasteiger partial charge in [-0.25, -0.2) is 9.97 Å². The fraction of sp³-hybridized carbons (Fsp3) is 0.321. The highest BCUT2D eigenvalue weighted by Crippen LogP contribution is 2.40. The summed E-state index contributed by atoms with van der Waals surface area (Å²) in [5, 5.41) is 1.33. The van der Waals surface area contributed by atoms with Crippen LogP contribution < -0.4 is 4.90 Å². The van der Waals surface area contributed by atoms with Crippen LogP contribution in [-0.4, -0.2) is 59.8 Å². The van der Waals surface area contributed by atoms with E-state index in [1.54, 1.807) is 6.33 Å². The number of hydrogen-bond donors (Lipinski definition) is 0. The molecule has 1 aliphatic heterocycles. The molecular weight excluding hydrogens is 438 g/mol. The maximum atomic E-state index is 5.05. The molecule has 0 amide bonds. The first-order chi connectivity index (χ1) is 16.9. The number of fused-ring (bicyclic) bond motifs is 3. The van der Waals surface area contributed by atoms with Crippen LogP contribution in [0.5, 0.6) is 0 Å². The SMILES string of the molecule is c1ccc(C(=NCCN2CCN(c3ncnc4sc5c(c34)CCC5)CC2)c2ccccc2)cc1. The maximum absolute atomic E-state index is 5.05. The van der Waals surface area contributed by atoms with E-state index in [0.717, 1.165) is 50.8 Å². The van der Waals surface area contributed by atoms with Crippen LogP contribution in [0.1, 0.15) is 28.0 Å². The van der Waals surface area contributed by atoms with Crippen molar-refractivity contribution < 1.29 is 0 Å². The average Bonchev–Trinajstić information content (AvgIpc) is 3.49. The molecule has 4 aromatic rings. The number of benzene rings is 2. The molecule has 0 radical (unpaired) electrons. The van der Waals surface area contributed by atoms with Gasteiger partial charge >= 0.3 is 0 Å². The van der Waals surface area contributed by atoms with Gasteiger partial charge in [0, 0.05) is 48.7 Å². The summed E-state index contributed by atoms with van der Waals surface area (Å²) in [6.45, 7) is 5.87. The first-order valence-electron chi connectivity index (χ1n) is 12.2. The Morgan fingerprint density at radius 2 is 1.56 bits per heavy atom. The standard InChI is InChI=1S/C28H29N5S/c1-3-8-21(9-4-1)26(22-10-5-2-6-11-22)29-14-15-32-16-18-33(19-17-32)27-25-23-12-7-13-24(23)34-28(25)31-20-30-27/h1-6,8-11,20H,7,12-19H2. The van der Waals surface area contributed by atoms with Gasteiger partial charge in [-0.3, -0.25) is 9.89 Å². The summed E-state index contributed by atoms with van der Waals surface area (Å²) in [5.41, 5.74) is 4.94. The van der Waals surface area contributed by atoms with E-state index in [2.05, 4.69) is 75.4 Å². The molecule has 5 nitrogen and oxygen atoms in total. The second-order valence-electron chi connectivity index (χ2n) is 9.03. The van der Waals surface area contributed by atoms with Crippen molar-refractivity contribution in [3.63, 3.8) is 0 Å². The average molecular weight is 468 g/mol. The fourth-order valence-electron chi connectivity index (χ4n) is 5.18. The van der Waals surface area contributed by atoms with Crippen molar-refractivity contribution in [3.05, 3.63) is 88.6 Å². The molecule has 1 saturated heterocycles. The first kappa shape index (κ1) is 21.4. The zero-order valence-electron chi connectivity index (χ0n) is 19.4. The number of aromatic nitrogens is 2. The van der Waals surface area contributed by atoms with Gasteiger partial charge in [0.15, 0.2) is 0 Å². The molecule has 0 atom stereocenters. The molecule has 1 fully saturated rings. The second-order valence-corrected chi connectivity index (χ2v) is 10.1. The fourth-order valence-corrected chi connectivity index (χ4v) is 6.40. The van der Waals surface area contributed by atoms with Gasteiger partial charge in [-0.05, 0) is 24.8 Å². The molecule has 1 aliphatic carbocycles. The van der Waals surface area contributed by atoms with E-state index in [9.17, 15) is 0 Å². The van der Waals surface area contributed by atoms with Crippen molar-refractivity contribution in [1.82, 2.24) is 14.9 Å². The van der Waals surface area contributed by atoms with Gasteiger partial charge in [0.1, 0.15) is 17.0 Å². The Kier molecular flexibility index (Phi) is 6.08. The highest BCUT2D eigenvalue weighted by Gasteiger charge is 2.25. The van der Waals surface area contributed by atoms with Gasteiger partial charge in [-0.15, -0.1) is 11.3 Å². The molecule has 0 spiro atoms. The van der Waals surface area contributed by atoms with Crippen LogP contribution in [0.2, 0.25) is 0 Å². The molecule has 34 heavy (non-hydrogen) atoms. The largest absolute Gasteiger partial charge is 0.353 e. The maximum Gasteiger partial charge on any atom is 0.141 e. The summed E-state index contributed by atoms with van der Waals surface area (Å²) in [4.78, 5) is 22.1. The Balaban J connectivity index is 1.13. The van der Waals surface area contributed by atoms with Crippen LogP contribution in [0.15, 0.2) is 72.0 Å². The zero-order valence-corrected chi connectivity index (χ0v) is 20.2. The highest BCUT2D eigenvalue weighted by molar-refractivity contribution is 7.19. The van der Waals surface area contributed by atoms with E-state index < -0.39 is 0 Å². The van der Waals surface area contributed by atoms with Gasteiger partial charge in [0.25, 0.3) is 0 Å². The van der Waals surface area contributed by atoms with Gasteiger partial charge in [-0.1, -0.05) is 60.7 Å². The molecule has 172 valence electrons. The van der Waals surface area contributed by atoms with Crippen LogP contribution in [0.4, 0.5) is 5.82 Å². The molecule has 6 heteroatoms. The lowest BCUT2D eigenvalue weighted by Crippen LogP contribution is -2.47. The Hall–Kier alpha value is -3.09. The minimum absolute atomic E-state index is 0.801. The summed E-state index contributed by atoms with van der Waals surface area (Å²) in [7, 11) is 0. The van der Waals surface area contributed by atoms with Crippen molar-refractivity contribution >= 4 is 33.1 Å². The number of thiophene rings is 1. The lowest BCUT2D eigenvalue weighted by molar-refractivity contribution is 0.265. The minimum atomic E-state index is 0.801. The Morgan fingerprint density at radius 1 is 0.853 bits per heavy atom. The molecule has 2 aromatic heterocycles. The monoisotopic (exact) mass is 467 g/mol. The second kappa shape index (κ2) is 9.65. The van der Waals surface area contributed by atoms with Crippen LogP contribution in [0, 0.1) is 0 Å². The molecule has 6 rings (SSSR count). The van der Waals surface area contributed by atoms with E-state index in [-0.39, 0.29) is 0 Å². The Morgan fingerprint density at radius 3 is 2.26 bits per heavy atom. The molecule has 0 saturated carbocycles. The van der Waals surface area contributed by atoms with Crippen molar-refractivity contribution in [2.45, 2.75) is 19.3 Å². The zero-order chi connectivity index (χ0) is 22.7. The van der Waals surface area contributed by atoms with E-state index in [4.69, 9.17) is 9.98 Å². The third kappa shape index (κ3) is 4.24. The normalized spacial score (nSPS) is 16.1. The van der Waals surface area contributed by atoms with Gasteiger partial charge in [0.2, 0.25) is 0 Å². The third-order valence-corrected chi connectivity index (χ3v) is 8.13. The van der Waals surface area contributed by atoms with E-state index >= 15 is 0 Å². The van der Waals surface area contributed by atoms with E-state index in [1.165, 1.54) is 51.0 Å². The number of nitrogens with zero attached hydrogens (tertiary/aromatic N) is 5. The van der Waals surface area contributed by atoms with Crippen molar-refractivity contribution in [2.24, 2.45) is 4.99 Å². The van der Waals surface area contributed by atoms with E-state index in [1.807, 2.05) is 11.3 Å². The van der Waals surface area contributed by atoms with Crippen molar-refractivity contribution in [3.8, 4) is 0 Å². The highest BCUT2D eigenvalue weighted by atomic mass is 32.1. The topological polar surface area (TPSA) is 44.6 Å². The lowest BCUT2D eigenvalue weighted by Gasteiger charge is -2.35. The number of aliphatic imine (C=N–C) groups is 1. The first-order valence-corrected chi connectivity index (χ1v) is 13.1. The molecule has 2 aliphatic rings. The molecule has 3 heterocycles. The molecule has 0 unspecified atom stereocenters. The quantitative estimate of drug-likeness (QED) is 0.381. The van der Waals surface area contributed by atoms with Crippen LogP contribution >= 0.6 is 11.3 Å². The molecular formula is C28H29N5S. The number of hydrogen-bond acceptors (Lipinski definition) is 6. The third-order valence-electron chi connectivity index (χ3n) is 6.93. The van der Waals surface area contributed by atoms with Gasteiger partial charge in [0.05, 0.1) is 17.6 Å². The predicted molar refractivity (Wildman–Crippen MR) is 141 cm³/mol. The summed E-state index contributed by atoms with van der Waals surface area (Å²) >= 11 is 1.87. The smallest absolute Gasteiger partial charge is 0.141 e. The van der Waals surface area contributed by atoms with Crippen molar-refractivity contribution in [1.29, 1.82) is 0 Å². The summed E-state index contributed by atoms with van der Waals surface area (Å²) in [6, 6.07) is 21.0. The van der Waals surface area contributed by atoms with Gasteiger partial charge < -0.3 is 4.90 Å². The van der Waals surface area contributed by atoms with Crippen LogP contribution in [-0.2, 0) is 12.8 Å².